The van der Waals surface area contributed by atoms with E-state index in [1.807, 2.05) is 20.9 Å². The molecule has 1 aromatic rings. The van der Waals surface area contributed by atoms with Gasteiger partial charge in [-0.3, -0.25) is 0 Å². The van der Waals surface area contributed by atoms with Gasteiger partial charge in [0.15, 0.2) is 0 Å². The molecule has 3 N–H and O–H groups in total. The molecular weight excluding hydrogens is 257 g/mol. The summed E-state index contributed by atoms with van der Waals surface area (Å²) in [5.74, 6) is 0. The van der Waals surface area contributed by atoms with Crippen molar-refractivity contribution >= 4 is 11.4 Å². The Morgan fingerprint density at radius 3 is 2.58 bits per heavy atom. The Morgan fingerprint density at radius 1 is 1.42 bits per heavy atom. The van der Waals surface area contributed by atoms with E-state index in [1.54, 1.807) is 0 Å². The maximum absolute atomic E-state index is 12.5. The van der Waals surface area contributed by atoms with Crippen LogP contribution < -0.4 is 11.1 Å². The Morgan fingerprint density at radius 2 is 2.05 bits per heavy atom. The molecule has 0 atom stereocenters. The van der Waals surface area contributed by atoms with Crippen LogP contribution >= 0.6 is 0 Å². The van der Waals surface area contributed by atoms with E-state index in [-0.39, 0.29) is 11.4 Å². The first-order valence-electron chi connectivity index (χ1n) is 5.98. The zero-order valence-electron chi connectivity index (χ0n) is 11.3. The Bertz CT molecular complexity index is 418. The molecule has 0 fully saturated rings. The van der Waals surface area contributed by atoms with E-state index in [2.05, 4.69) is 15.2 Å². The highest BCUT2D eigenvalue weighted by Crippen LogP contribution is 2.30. The van der Waals surface area contributed by atoms with Crippen LogP contribution in [-0.4, -0.2) is 36.1 Å². The molecule has 0 unspecified atom stereocenters. The van der Waals surface area contributed by atoms with Crippen LogP contribution in [0.25, 0.3) is 0 Å². The van der Waals surface area contributed by atoms with Crippen molar-refractivity contribution in [1.82, 2.24) is 9.88 Å². The van der Waals surface area contributed by atoms with Gasteiger partial charge < -0.3 is 16.0 Å². The first-order valence-corrected chi connectivity index (χ1v) is 5.98. The maximum Gasteiger partial charge on any atom is 0.433 e. The average molecular weight is 276 g/mol. The van der Waals surface area contributed by atoms with Crippen molar-refractivity contribution in [3.63, 3.8) is 0 Å². The lowest BCUT2D eigenvalue weighted by molar-refractivity contribution is -0.141. The molecule has 0 aromatic carbocycles. The van der Waals surface area contributed by atoms with Gasteiger partial charge in [-0.2, -0.15) is 13.2 Å². The molecule has 1 rings (SSSR count). The van der Waals surface area contributed by atoms with Crippen LogP contribution in [0, 0.1) is 0 Å². The summed E-state index contributed by atoms with van der Waals surface area (Å²) in [6.07, 6.45) is -3.43. The normalized spacial score (nSPS) is 12.2. The van der Waals surface area contributed by atoms with Crippen LogP contribution in [0.1, 0.15) is 19.5 Å². The van der Waals surface area contributed by atoms with E-state index in [4.69, 9.17) is 5.73 Å². The number of hydrogen-bond donors (Lipinski definition) is 2. The number of anilines is 2. The molecule has 0 amide bonds. The molecule has 0 spiro atoms. The Kier molecular flexibility index (Phi) is 4.99. The van der Waals surface area contributed by atoms with Crippen molar-refractivity contribution < 1.29 is 13.2 Å². The number of aromatic nitrogens is 1. The molecule has 0 saturated heterocycles. The number of nitrogens with two attached hydrogens (primary N) is 1. The molecule has 0 saturated carbocycles. The molecule has 19 heavy (non-hydrogen) atoms. The van der Waals surface area contributed by atoms with Crippen LogP contribution in [0.5, 0.6) is 0 Å². The predicted octanol–water partition coefficient (Wildman–Crippen LogP) is 2.43. The van der Waals surface area contributed by atoms with E-state index in [9.17, 15) is 13.2 Å². The summed E-state index contributed by atoms with van der Waals surface area (Å²) >= 11 is 0. The van der Waals surface area contributed by atoms with E-state index >= 15 is 0 Å². The summed E-state index contributed by atoms with van der Waals surface area (Å²) in [6.45, 7) is 5.31. The number of pyridine rings is 1. The average Bonchev–Trinajstić information content (AvgIpc) is 2.29. The Hall–Kier alpha value is -1.50. The van der Waals surface area contributed by atoms with Gasteiger partial charge in [0, 0.05) is 19.1 Å². The highest BCUT2D eigenvalue weighted by molar-refractivity contribution is 5.65. The third-order valence-corrected chi connectivity index (χ3v) is 2.89. The third kappa shape index (κ3) is 4.59. The SMILES string of the molecule is CC(C)N(C)CCNc1cc(C(F)(F)F)ncc1N. The minimum absolute atomic E-state index is 0.209. The Labute approximate surface area is 110 Å². The van der Waals surface area contributed by atoms with Crippen LogP contribution in [0.4, 0.5) is 24.5 Å². The summed E-state index contributed by atoms with van der Waals surface area (Å²) in [5.41, 5.74) is 5.13. The molecule has 1 heterocycles. The van der Waals surface area contributed by atoms with Crippen molar-refractivity contribution in [2.75, 3.05) is 31.2 Å². The highest BCUT2D eigenvalue weighted by atomic mass is 19.4. The van der Waals surface area contributed by atoms with Crippen LogP contribution in [-0.2, 0) is 6.18 Å². The fraction of sp³-hybridized carbons (Fsp3) is 0.583. The number of hydrogen-bond acceptors (Lipinski definition) is 4. The molecule has 0 aliphatic rings. The predicted molar refractivity (Wildman–Crippen MR) is 69.9 cm³/mol. The third-order valence-electron chi connectivity index (χ3n) is 2.89. The number of alkyl halides is 3. The summed E-state index contributed by atoms with van der Waals surface area (Å²) in [4.78, 5) is 5.36. The van der Waals surface area contributed by atoms with Gasteiger partial charge >= 0.3 is 6.18 Å². The topological polar surface area (TPSA) is 54.2 Å². The standard InChI is InChI=1S/C12H19F3N4/c1-8(2)19(3)5-4-17-10-6-11(12(13,14)15)18-7-9(10)16/h6-8H,4-5,16H2,1-3H3,(H,17,18). The molecule has 108 valence electrons. The van der Waals surface area contributed by atoms with Gasteiger partial charge in [-0.25, -0.2) is 4.98 Å². The zero-order chi connectivity index (χ0) is 14.6. The number of likely N-dealkylation sites (N-methyl/N-ethyl adjacent to an activating group) is 1. The number of nitrogen functional groups attached to an aromatic ring is 1. The lowest BCUT2D eigenvalue weighted by atomic mass is 10.2. The van der Waals surface area contributed by atoms with Gasteiger partial charge in [0.2, 0.25) is 0 Å². The molecule has 0 aliphatic heterocycles. The largest absolute Gasteiger partial charge is 0.433 e. The van der Waals surface area contributed by atoms with Crippen LogP contribution in [0.2, 0.25) is 0 Å². The van der Waals surface area contributed by atoms with E-state index in [0.717, 1.165) is 12.3 Å². The van der Waals surface area contributed by atoms with Crippen molar-refractivity contribution in [2.24, 2.45) is 0 Å². The molecule has 7 heteroatoms. The monoisotopic (exact) mass is 276 g/mol. The van der Waals surface area contributed by atoms with Crippen molar-refractivity contribution in [3.8, 4) is 0 Å². The quantitative estimate of drug-likeness (QED) is 0.867. The van der Waals surface area contributed by atoms with Gasteiger partial charge in [-0.15, -0.1) is 0 Å². The second-order valence-electron chi connectivity index (χ2n) is 4.66. The number of halogens is 3. The fourth-order valence-electron chi connectivity index (χ4n) is 1.40. The summed E-state index contributed by atoms with van der Waals surface area (Å²) < 4.78 is 37.5. The highest BCUT2D eigenvalue weighted by Gasteiger charge is 2.32. The van der Waals surface area contributed by atoms with Gasteiger partial charge in [-0.1, -0.05) is 0 Å². The van der Waals surface area contributed by atoms with E-state index in [0.29, 0.717) is 19.1 Å². The van der Waals surface area contributed by atoms with Crippen molar-refractivity contribution in [3.05, 3.63) is 18.0 Å². The lowest BCUT2D eigenvalue weighted by Crippen LogP contribution is -2.31. The van der Waals surface area contributed by atoms with E-state index < -0.39 is 11.9 Å². The second-order valence-corrected chi connectivity index (χ2v) is 4.66. The summed E-state index contributed by atoms with van der Waals surface area (Å²) in [6, 6.07) is 1.31. The van der Waals surface area contributed by atoms with Crippen LogP contribution in [0.3, 0.4) is 0 Å². The smallest absolute Gasteiger partial charge is 0.396 e. The van der Waals surface area contributed by atoms with Crippen LogP contribution in [0.15, 0.2) is 12.3 Å². The van der Waals surface area contributed by atoms with Gasteiger partial charge in [-0.05, 0) is 27.0 Å². The zero-order valence-corrected chi connectivity index (χ0v) is 11.3. The first kappa shape index (κ1) is 15.6. The molecular formula is C12H19F3N4. The number of rotatable bonds is 5. The lowest BCUT2D eigenvalue weighted by Gasteiger charge is -2.21. The second kappa shape index (κ2) is 6.10. The van der Waals surface area contributed by atoms with Gasteiger partial charge in [0.05, 0.1) is 17.6 Å². The molecule has 0 bridgehead atoms. The van der Waals surface area contributed by atoms with Crippen molar-refractivity contribution in [1.29, 1.82) is 0 Å². The number of nitrogens with one attached hydrogen (secondary N) is 1. The molecule has 4 nitrogen and oxygen atoms in total. The summed E-state index contributed by atoms with van der Waals surface area (Å²) in [5, 5.41) is 2.90. The molecule has 0 radical (unpaired) electrons. The summed E-state index contributed by atoms with van der Waals surface area (Å²) in [7, 11) is 1.95. The minimum Gasteiger partial charge on any atom is -0.396 e. The number of nitrogens with zero attached hydrogens (tertiary/aromatic N) is 2. The maximum atomic E-state index is 12.5. The van der Waals surface area contributed by atoms with E-state index in [1.165, 1.54) is 0 Å². The Balaban J connectivity index is 2.68. The molecule has 0 aliphatic carbocycles. The van der Waals surface area contributed by atoms with Gasteiger partial charge in [0.1, 0.15) is 5.69 Å². The van der Waals surface area contributed by atoms with Gasteiger partial charge in [0.25, 0.3) is 0 Å². The molecule has 1 aromatic heterocycles. The van der Waals surface area contributed by atoms with Crippen molar-refractivity contribution in [2.45, 2.75) is 26.1 Å². The minimum atomic E-state index is -4.46. The first-order chi connectivity index (χ1) is 8.71. The fourth-order valence-corrected chi connectivity index (χ4v) is 1.40.